The smallest absolute Gasteiger partial charge is 0.137 e. The topological polar surface area (TPSA) is 72.3 Å². The number of fused-ring (bicyclic) bond motifs is 1. The van der Waals surface area contributed by atoms with Crippen LogP contribution in [0, 0.1) is 0 Å². The molecule has 1 N–H and O–H groups in total. The lowest BCUT2D eigenvalue weighted by Crippen LogP contribution is -1.90. The molecule has 0 saturated heterocycles. The second-order valence-electron chi connectivity index (χ2n) is 5.47. The number of nitrogens with zero attached hydrogens (tertiary/aromatic N) is 5. The summed E-state index contributed by atoms with van der Waals surface area (Å²) in [5, 5.41) is 5.27. The molecule has 4 aromatic heterocycles. The van der Waals surface area contributed by atoms with E-state index in [2.05, 4.69) is 38.0 Å². The summed E-state index contributed by atoms with van der Waals surface area (Å²) in [6, 6.07) is 4.15. The molecule has 0 atom stereocenters. The SMILES string of the molecule is CCc1cc(-c2c[nH]c3ncc(-c4cnn(C)c4)cc23)ncn1. The molecular formula is C17H16N6. The minimum absolute atomic E-state index is 0.851. The molecule has 0 spiro atoms. The number of pyridine rings is 1. The Morgan fingerprint density at radius 2 is 2.00 bits per heavy atom. The van der Waals surface area contributed by atoms with Crippen molar-refractivity contribution in [1.82, 2.24) is 29.7 Å². The first-order valence-corrected chi connectivity index (χ1v) is 7.52. The average Bonchev–Trinajstić information content (AvgIpc) is 3.20. The van der Waals surface area contributed by atoms with Gasteiger partial charge in [0.2, 0.25) is 0 Å². The highest BCUT2D eigenvalue weighted by Crippen LogP contribution is 2.29. The van der Waals surface area contributed by atoms with Crippen LogP contribution in [0.2, 0.25) is 0 Å². The Balaban J connectivity index is 1.87. The van der Waals surface area contributed by atoms with Gasteiger partial charge >= 0.3 is 0 Å². The van der Waals surface area contributed by atoms with Crippen molar-refractivity contribution in [3.05, 3.63) is 48.9 Å². The number of aromatic nitrogens is 6. The molecule has 0 bridgehead atoms. The molecule has 0 aliphatic rings. The van der Waals surface area contributed by atoms with Crippen LogP contribution in [0.1, 0.15) is 12.6 Å². The van der Waals surface area contributed by atoms with Crippen molar-refractivity contribution in [3.8, 4) is 22.4 Å². The van der Waals surface area contributed by atoms with Crippen molar-refractivity contribution >= 4 is 11.0 Å². The van der Waals surface area contributed by atoms with Gasteiger partial charge in [-0.25, -0.2) is 15.0 Å². The number of aryl methyl sites for hydroxylation is 2. The second kappa shape index (κ2) is 5.31. The van der Waals surface area contributed by atoms with E-state index in [0.29, 0.717) is 0 Å². The van der Waals surface area contributed by atoms with Crippen molar-refractivity contribution in [1.29, 1.82) is 0 Å². The molecule has 114 valence electrons. The Morgan fingerprint density at radius 3 is 2.78 bits per heavy atom. The van der Waals surface area contributed by atoms with Gasteiger partial charge in [-0.1, -0.05) is 6.92 Å². The molecule has 4 heterocycles. The highest BCUT2D eigenvalue weighted by molar-refractivity contribution is 5.94. The van der Waals surface area contributed by atoms with Crippen LogP contribution >= 0.6 is 0 Å². The summed E-state index contributed by atoms with van der Waals surface area (Å²) in [6.07, 6.45) is 10.1. The third kappa shape index (κ3) is 2.38. The largest absolute Gasteiger partial charge is 0.345 e. The van der Waals surface area contributed by atoms with Gasteiger partial charge in [0.25, 0.3) is 0 Å². The first-order chi connectivity index (χ1) is 11.2. The van der Waals surface area contributed by atoms with E-state index in [9.17, 15) is 0 Å². The number of rotatable bonds is 3. The van der Waals surface area contributed by atoms with Crippen LogP contribution in [0.25, 0.3) is 33.4 Å². The molecule has 4 aromatic rings. The first kappa shape index (κ1) is 13.6. The summed E-state index contributed by atoms with van der Waals surface area (Å²) in [5.41, 5.74) is 5.91. The zero-order valence-electron chi connectivity index (χ0n) is 13.0. The summed E-state index contributed by atoms with van der Waals surface area (Å²) in [4.78, 5) is 16.4. The van der Waals surface area contributed by atoms with Crippen LogP contribution in [0.3, 0.4) is 0 Å². The van der Waals surface area contributed by atoms with Crippen molar-refractivity contribution in [2.75, 3.05) is 0 Å². The van der Waals surface area contributed by atoms with Crippen LogP contribution in [0.4, 0.5) is 0 Å². The third-order valence-electron chi connectivity index (χ3n) is 3.93. The molecular weight excluding hydrogens is 288 g/mol. The molecule has 0 aliphatic carbocycles. The van der Waals surface area contributed by atoms with Crippen molar-refractivity contribution in [2.45, 2.75) is 13.3 Å². The van der Waals surface area contributed by atoms with Crippen LogP contribution < -0.4 is 0 Å². The summed E-state index contributed by atoms with van der Waals surface area (Å²) in [7, 11) is 1.91. The van der Waals surface area contributed by atoms with Gasteiger partial charge in [0, 0.05) is 53.4 Å². The third-order valence-corrected chi connectivity index (χ3v) is 3.93. The zero-order chi connectivity index (χ0) is 15.8. The summed E-state index contributed by atoms with van der Waals surface area (Å²) < 4.78 is 1.79. The maximum absolute atomic E-state index is 4.52. The van der Waals surface area contributed by atoms with Gasteiger partial charge in [0.15, 0.2) is 0 Å². The highest BCUT2D eigenvalue weighted by Gasteiger charge is 2.11. The lowest BCUT2D eigenvalue weighted by molar-refractivity contribution is 0.768. The van der Waals surface area contributed by atoms with Gasteiger partial charge in [0.05, 0.1) is 11.9 Å². The summed E-state index contributed by atoms with van der Waals surface area (Å²) in [5.74, 6) is 0. The van der Waals surface area contributed by atoms with E-state index in [0.717, 1.165) is 45.5 Å². The standard InChI is InChI=1S/C17H16N6/c1-3-13-5-16(21-10-20-13)15-8-19-17-14(15)4-11(6-18-17)12-7-22-23(2)9-12/h4-10H,3H2,1-2H3,(H,18,19). The molecule has 0 amide bonds. The number of H-pyrrole nitrogens is 1. The Bertz CT molecular complexity index is 982. The molecule has 23 heavy (non-hydrogen) atoms. The molecule has 6 heteroatoms. The molecule has 0 aromatic carbocycles. The fraction of sp³-hybridized carbons (Fsp3) is 0.176. The predicted octanol–water partition coefficient (Wildman–Crippen LogP) is 2.98. The Morgan fingerprint density at radius 1 is 1.09 bits per heavy atom. The van der Waals surface area contributed by atoms with E-state index in [-0.39, 0.29) is 0 Å². The van der Waals surface area contributed by atoms with Crippen molar-refractivity contribution in [2.24, 2.45) is 7.05 Å². The Labute approximate surface area is 133 Å². The molecule has 0 fully saturated rings. The van der Waals surface area contributed by atoms with E-state index < -0.39 is 0 Å². The van der Waals surface area contributed by atoms with E-state index in [4.69, 9.17) is 0 Å². The fourth-order valence-electron chi connectivity index (χ4n) is 2.68. The normalized spacial score (nSPS) is 11.2. The van der Waals surface area contributed by atoms with E-state index in [1.165, 1.54) is 0 Å². The minimum Gasteiger partial charge on any atom is -0.345 e. The first-order valence-electron chi connectivity index (χ1n) is 7.52. The zero-order valence-corrected chi connectivity index (χ0v) is 13.0. The van der Waals surface area contributed by atoms with Gasteiger partial charge in [-0.15, -0.1) is 0 Å². The number of aromatic amines is 1. The number of nitrogens with one attached hydrogen (secondary N) is 1. The van der Waals surface area contributed by atoms with Crippen LogP contribution in [-0.4, -0.2) is 29.7 Å². The minimum atomic E-state index is 0.851. The van der Waals surface area contributed by atoms with Gasteiger partial charge < -0.3 is 4.98 Å². The monoisotopic (exact) mass is 304 g/mol. The quantitative estimate of drug-likeness (QED) is 0.631. The van der Waals surface area contributed by atoms with Crippen molar-refractivity contribution in [3.63, 3.8) is 0 Å². The lowest BCUT2D eigenvalue weighted by atomic mass is 10.1. The van der Waals surface area contributed by atoms with Crippen molar-refractivity contribution < 1.29 is 0 Å². The maximum atomic E-state index is 4.52. The van der Waals surface area contributed by atoms with Crippen LogP contribution in [0.5, 0.6) is 0 Å². The highest BCUT2D eigenvalue weighted by atomic mass is 15.2. The fourth-order valence-corrected chi connectivity index (χ4v) is 2.68. The van der Waals surface area contributed by atoms with E-state index in [1.807, 2.05) is 37.9 Å². The van der Waals surface area contributed by atoms with Crippen LogP contribution in [0.15, 0.2) is 43.2 Å². The van der Waals surface area contributed by atoms with Gasteiger partial charge in [-0.05, 0) is 18.6 Å². The Hall–Kier alpha value is -3.02. The Kier molecular flexibility index (Phi) is 3.15. The van der Waals surface area contributed by atoms with Gasteiger partial charge in [-0.3, -0.25) is 4.68 Å². The van der Waals surface area contributed by atoms with Crippen LogP contribution in [-0.2, 0) is 13.5 Å². The molecule has 0 saturated carbocycles. The van der Waals surface area contributed by atoms with E-state index >= 15 is 0 Å². The molecule has 0 unspecified atom stereocenters. The van der Waals surface area contributed by atoms with E-state index in [1.54, 1.807) is 11.0 Å². The van der Waals surface area contributed by atoms with Gasteiger partial charge in [0.1, 0.15) is 12.0 Å². The summed E-state index contributed by atoms with van der Waals surface area (Å²) in [6.45, 7) is 2.09. The predicted molar refractivity (Wildman–Crippen MR) is 88.7 cm³/mol. The second-order valence-corrected chi connectivity index (χ2v) is 5.47. The molecule has 6 nitrogen and oxygen atoms in total. The van der Waals surface area contributed by atoms with Gasteiger partial charge in [-0.2, -0.15) is 5.10 Å². The number of hydrogen-bond donors (Lipinski definition) is 1. The molecule has 0 radical (unpaired) electrons. The maximum Gasteiger partial charge on any atom is 0.137 e. The number of hydrogen-bond acceptors (Lipinski definition) is 4. The average molecular weight is 304 g/mol. The summed E-state index contributed by atoms with van der Waals surface area (Å²) >= 11 is 0. The molecule has 0 aliphatic heterocycles. The lowest BCUT2D eigenvalue weighted by Gasteiger charge is -2.02. The molecule has 4 rings (SSSR count).